The molecule has 17 heteroatoms. The Labute approximate surface area is 141 Å². The van der Waals surface area contributed by atoms with Crippen molar-refractivity contribution >= 4 is 34.8 Å². The van der Waals surface area contributed by atoms with E-state index in [-0.39, 0.29) is 0 Å². The molecule has 25 heavy (non-hydrogen) atoms. The summed E-state index contributed by atoms with van der Waals surface area (Å²) in [5.41, 5.74) is 0. The molecule has 0 spiro atoms. The van der Waals surface area contributed by atoms with Gasteiger partial charge in [0, 0.05) is 6.17 Å². The van der Waals surface area contributed by atoms with Gasteiger partial charge in [-0.25, -0.2) is 0 Å². The fourth-order valence-electron chi connectivity index (χ4n) is 0.988. The number of amides is 1. The van der Waals surface area contributed by atoms with Crippen molar-refractivity contribution in [2.75, 3.05) is 6.17 Å². The molecule has 1 atom stereocenters. The highest BCUT2D eigenvalue weighted by atomic mass is 35.7. The van der Waals surface area contributed by atoms with Crippen LogP contribution in [0.1, 0.15) is 0 Å². The molecule has 1 N–H and O–H groups in total. The maximum atomic E-state index is 13.7. The third-order valence-electron chi connectivity index (χ3n) is 2.21. The predicted molar refractivity (Wildman–Crippen MR) is 63.3 cm³/mol. The zero-order valence-electron chi connectivity index (χ0n) is 11.4. The van der Waals surface area contributed by atoms with Gasteiger partial charge in [-0.15, -0.1) is 22.2 Å². The van der Waals surface area contributed by atoms with Crippen LogP contribution in [0.25, 0.3) is 0 Å². The predicted octanol–water partition coefficient (Wildman–Crippen LogP) is 4.23. The summed E-state index contributed by atoms with van der Waals surface area (Å²) >= 11 is 10.7. The van der Waals surface area contributed by atoms with Crippen molar-refractivity contribution in [3.8, 4) is 0 Å². The first-order valence-electron chi connectivity index (χ1n) is 5.53. The molecule has 0 radical (unpaired) electrons. The van der Waals surface area contributed by atoms with E-state index in [9.17, 15) is 53.1 Å². The number of ether oxygens (including phenoxy) is 1. The van der Waals surface area contributed by atoms with Gasteiger partial charge in [0.15, 0.2) is 0 Å². The highest BCUT2D eigenvalue weighted by Gasteiger charge is 2.79. The molecule has 0 fully saturated rings. The van der Waals surface area contributed by atoms with Crippen LogP contribution in [0.5, 0.6) is 0 Å². The SMILES string of the molecule is C[Si](Cl)(Cl)CNC(=O)C(F)(OC(F)(F)C(F)(F)C(F)(F)F)C(F)(F)F. The molecule has 0 rings (SSSR count). The fraction of sp³-hybridized carbons (Fsp3) is 0.875. The smallest absolute Gasteiger partial charge is 0.351 e. The number of hydrogen-bond acceptors (Lipinski definition) is 2. The van der Waals surface area contributed by atoms with Crippen LogP contribution in [-0.4, -0.2) is 49.0 Å². The largest absolute Gasteiger partial charge is 0.462 e. The summed E-state index contributed by atoms with van der Waals surface area (Å²) in [5.74, 6) is -16.6. The highest BCUT2D eigenvalue weighted by Crippen LogP contribution is 2.50. The Hall–Kier alpha value is -0.543. The van der Waals surface area contributed by atoms with Crippen LogP contribution in [0.2, 0.25) is 6.55 Å². The number of carbonyl (C=O) groups is 1. The van der Waals surface area contributed by atoms with Gasteiger partial charge in [0.05, 0.1) is 0 Å². The Bertz CT molecular complexity index is 504. The van der Waals surface area contributed by atoms with E-state index in [0.29, 0.717) is 0 Å². The zero-order chi connectivity index (χ0) is 20.7. The Morgan fingerprint density at radius 1 is 0.920 bits per heavy atom. The third-order valence-corrected chi connectivity index (χ3v) is 3.81. The minimum Gasteiger partial charge on any atom is -0.351 e. The first-order valence-corrected chi connectivity index (χ1v) is 10.3. The van der Waals surface area contributed by atoms with Crippen LogP contribution in [-0.2, 0) is 9.53 Å². The average Bonchev–Trinajstić information content (AvgIpc) is 2.31. The molecule has 1 unspecified atom stereocenters. The topological polar surface area (TPSA) is 38.3 Å². The van der Waals surface area contributed by atoms with Crippen LogP contribution in [0.15, 0.2) is 0 Å². The van der Waals surface area contributed by atoms with E-state index >= 15 is 0 Å². The summed E-state index contributed by atoms with van der Waals surface area (Å²) in [7, 11) is 0. The van der Waals surface area contributed by atoms with Gasteiger partial charge in [-0.2, -0.15) is 48.3 Å². The van der Waals surface area contributed by atoms with Gasteiger partial charge in [-0.05, 0) is 6.55 Å². The van der Waals surface area contributed by atoms with Gasteiger partial charge in [0.1, 0.15) is 0 Å². The lowest BCUT2D eigenvalue weighted by molar-refractivity contribution is -0.472. The Morgan fingerprint density at radius 3 is 1.60 bits per heavy atom. The van der Waals surface area contributed by atoms with E-state index < -0.39 is 49.0 Å². The van der Waals surface area contributed by atoms with Crippen LogP contribution in [0, 0.1) is 0 Å². The molecule has 0 aromatic rings. The highest BCUT2D eigenvalue weighted by molar-refractivity contribution is 7.45. The number of hydrogen-bond donors (Lipinski definition) is 1. The van der Waals surface area contributed by atoms with Gasteiger partial charge >= 0.3 is 30.2 Å². The van der Waals surface area contributed by atoms with Crippen LogP contribution < -0.4 is 5.32 Å². The first kappa shape index (κ1) is 24.5. The number of rotatable bonds is 6. The standard InChI is InChI=1S/C8H6Cl2F11NO2Si/c1-25(9,10)2-22-3(23)4(11,6(14,15)16)24-8(20,21)5(12,13)7(17,18)19/h2H2,1H3,(H,22,23). The van der Waals surface area contributed by atoms with Crippen LogP contribution >= 0.6 is 22.2 Å². The number of carbonyl (C=O) groups excluding carboxylic acids is 1. The molecule has 1 amide bonds. The third kappa shape index (κ3) is 5.46. The van der Waals surface area contributed by atoms with Gasteiger partial charge in [-0.3, -0.25) is 9.53 Å². The molecule has 150 valence electrons. The normalized spacial score (nSPS) is 17.2. The minimum absolute atomic E-state index is 0.962. The van der Waals surface area contributed by atoms with Gasteiger partial charge in [-0.1, -0.05) is 0 Å². The molecule has 0 saturated heterocycles. The van der Waals surface area contributed by atoms with Gasteiger partial charge in [0.2, 0.25) is 0 Å². The maximum absolute atomic E-state index is 13.7. The average molecular weight is 456 g/mol. The molecule has 0 aromatic heterocycles. The summed E-state index contributed by atoms with van der Waals surface area (Å²) in [4.78, 5) is 11.1. The number of alkyl halides is 11. The van der Waals surface area contributed by atoms with Crippen LogP contribution in [0.4, 0.5) is 48.3 Å². The second-order valence-corrected chi connectivity index (χ2v) is 12.6. The Kier molecular flexibility index (Phi) is 6.73. The van der Waals surface area contributed by atoms with Crippen molar-refractivity contribution in [3.63, 3.8) is 0 Å². The lowest BCUT2D eigenvalue weighted by atomic mass is 10.2. The number of nitrogens with one attached hydrogen (secondary N) is 1. The molecule has 0 aromatic carbocycles. The summed E-state index contributed by atoms with van der Waals surface area (Å²) in [5, 5.41) is 0.962. The summed E-state index contributed by atoms with van der Waals surface area (Å²) in [6, 6.07) is 0. The molecule has 3 nitrogen and oxygen atoms in total. The minimum atomic E-state index is -7.24. The van der Waals surface area contributed by atoms with Crippen molar-refractivity contribution < 1.29 is 57.8 Å². The second-order valence-electron chi connectivity index (χ2n) is 4.54. The van der Waals surface area contributed by atoms with E-state index in [1.165, 1.54) is 0 Å². The van der Waals surface area contributed by atoms with Crippen molar-refractivity contribution in [2.24, 2.45) is 0 Å². The lowest BCUT2D eigenvalue weighted by Gasteiger charge is -2.34. The molecule has 0 bridgehead atoms. The fourth-order valence-corrected chi connectivity index (χ4v) is 1.86. The van der Waals surface area contributed by atoms with Crippen molar-refractivity contribution in [3.05, 3.63) is 0 Å². The monoisotopic (exact) mass is 455 g/mol. The van der Waals surface area contributed by atoms with E-state index in [4.69, 9.17) is 22.2 Å². The van der Waals surface area contributed by atoms with E-state index in [1.54, 1.807) is 0 Å². The van der Waals surface area contributed by atoms with Crippen molar-refractivity contribution in [1.82, 2.24) is 5.32 Å². The van der Waals surface area contributed by atoms with Gasteiger partial charge in [0.25, 0.3) is 12.6 Å². The summed E-state index contributed by atoms with van der Waals surface area (Å²) in [6.45, 7) is -2.51. The number of halogens is 13. The molecule has 0 saturated carbocycles. The first-order chi connectivity index (χ1) is 10.6. The van der Waals surface area contributed by atoms with E-state index in [2.05, 4.69) is 0 Å². The quantitative estimate of drug-likeness (QED) is 0.370. The second kappa shape index (κ2) is 6.88. The zero-order valence-corrected chi connectivity index (χ0v) is 13.9. The molecule has 0 aliphatic heterocycles. The van der Waals surface area contributed by atoms with Crippen molar-refractivity contribution in [2.45, 2.75) is 36.8 Å². The van der Waals surface area contributed by atoms with Crippen LogP contribution in [0.3, 0.4) is 0 Å². The molecule has 0 heterocycles. The Balaban J connectivity index is 5.82. The van der Waals surface area contributed by atoms with E-state index in [0.717, 1.165) is 11.9 Å². The molecule has 0 aliphatic carbocycles. The molecule has 0 aliphatic rings. The summed E-state index contributed by atoms with van der Waals surface area (Å²) in [6.07, 6.45) is -22.0. The summed E-state index contributed by atoms with van der Waals surface area (Å²) < 4.78 is 140. The molecular weight excluding hydrogens is 450 g/mol. The lowest BCUT2D eigenvalue weighted by Crippen LogP contribution is -2.64. The Morgan fingerprint density at radius 2 is 1.32 bits per heavy atom. The molecular formula is C8H6Cl2F11NO2Si. The van der Waals surface area contributed by atoms with E-state index in [1.807, 2.05) is 4.74 Å². The maximum Gasteiger partial charge on any atom is 0.462 e. The van der Waals surface area contributed by atoms with Crippen molar-refractivity contribution in [1.29, 1.82) is 0 Å². The van der Waals surface area contributed by atoms with Gasteiger partial charge < -0.3 is 5.32 Å².